The number of carbonyl (C=O) groups excluding carboxylic acids is 1. The number of hydrogen-bond acceptors (Lipinski definition) is 9. The van der Waals surface area contributed by atoms with Gasteiger partial charge >= 0.3 is 5.76 Å². The van der Waals surface area contributed by atoms with E-state index in [2.05, 4.69) is 27.6 Å². The smallest absolute Gasteiger partial charge is 0.439 e. The molecule has 12 heteroatoms. The van der Waals surface area contributed by atoms with Crippen LogP contribution < -0.4 is 15.8 Å². The summed E-state index contributed by atoms with van der Waals surface area (Å²) in [4.78, 5) is 41.9. The number of nitrogens with one attached hydrogen (secondary N) is 2. The normalized spacial score (nSPS) is 17.8. The number of pyridine rings is 2. The van der Waals surface area contributed by atoms with Crippen molar-refractivity contribution in [1.29, 1.82) is 0 Å². The molecular formula is C37H31FN6O4S. The van der Waals surface area contributed by atoms with Gasteiger partial charge in [0, 0.05) is 23.2 Å². The third kappa shape index (κ3) is 4.92. The zero-order valence-corrected chi connectivity index (χ0v) is 27.4. The molecule has 0 radical (unpaired) electrons. The second kappa shape index (κ2) is 11.7. The average molecular weight is 675 g/mol. The van der Waals surface area contributed by atoms with Crippen LogP contribution in [0.15, 0.2) is 70.1 Å². The Kier molecular flexibility index (Phi) is 7.08. The van der Waals surface area contributed by atoms with Crippen LogP contribution in [0.5, 0.6) is 5.75 Å². The number of nitrogens with zero attached hydrogens (tertiary/aromatic N) is 4. The summed E-state index contributed by atoms with van der Waals surface area (Å²) in [5.74, 6) is 0.819. The molecule has 3 aliphatic rings. The first-order chi connectivity index (χ1) is 24.0. The zero-order chi connectivity index (χ0) is 33.2. The van der Waals surface area contributed by atoms with Crippen molar-refractivity contribution in [1.82, 2.24) is 25.0 Å². The summed E-state index contributed by atoms with van der Waals surface area (Å²) in [6.07, 6.45) is 6.41. The number of carbonyl (C=O) groups is 1. The lowest BCUT2D eigenvalue weighted by Crippen LogP contribution is -2.22. The Labute approximate surface area is 284 Å². The molecule has 0 spiro atoms. The Morgan fingerprint density at radius 2 is 1.96 bits per heavy atom. The Balaban J connectivity index is 1.20. The molecule has 2 atom stereocenters. The SMILES string of the molecule is COc1cccc2c1CC[C@H]2Nc1nccc2cc(-c3c4c(nc(CCc5ccc(F)cc5)c3-c3noc(=O)[nH]3)[C@@H]3CCCN3C4=O)sc12. The minimum absolute atomic E-state index is 0.0670. The zero-order valence-electron chi connectivity index (χ0n) is 26.6. The highest BCUT2D eigenvalue weighted by Crippen LogP contribution is 2.50. The van der Waals surface area contributed by atoms with E-state index in [1.165, 1.54) is 23.3 Å². The number of H-pyrrole nitrogens is 1. The fourth-order valence-corrected chi connectivity index (χ4v) is 8.97. The van der Waals surface area contributed by atoms with Gasteiger partial charge in [-0.25, -0.2) is 14.2 Å². The monoisotopic (exact) mass is 674 g/mol. The lowest BCUT2D eigenvalue weighted by atomic mass is 9.92. The van der Waals surface area contributed by atoms with Crippen molar-refractivity contribution in [2.24, 2.45) is 0 Å². The standard InChI is InChI=1S/C37H31FN6O4S/c1-47-27-6-2-4-22-23(27)12-14-24(22)41-35-33-20(15-16-39-35)18-28(49-33)30-29(34-42-37(46)48-43-34)25(13-9-19-7-10-21(38)11-8-19)40-32-26-5-3-17-44(26)36(45)31(30)32/h2,4,6-8,10-11,15-16,18,24,26H,3,5,9,12-14,17H2,1H3,(H,39,41)(H,42,43,46)/t24-,26+/m1/s1. The molecule has 1 fully saturated rings. The van der Waals surface area contributed by atoms with E-state index in [0.29, 0.717) is 41.8 Å². The van der Waals surface area contributed by atoms with Crippen LogP contribution in [0.25, 0.3) is 31.9 Å². The number of ether oxygens (including phenoxy) is 1. The third-order valence-electron chi connectivity index (χ3n) is 10.0. The van der Waals surface area contributed by atoms with Crippen LogP contribution in [-0.2, 0) is 19.3 Å². The number of halogens is 1. The Morgan fingerprint density at radius 1 is 1.08 bits per heavy atom. The minimum Gasteiger partial charge on any atom is -0.496 e. The highest BCUT2D eigenvalue weighted by atomic mass is 32.1. The molecule has 0 unspecified atom stereocenters. The third-order valence-corrected chi connectivity index (χ3v) is 11.2. The number of aromatic nitrogens is 4. The Morgan fingerprint density at radius 3 is 2.78 bits per heavy atom. The summed E-state index contributed by atoms with van der Waals surface area (Å²) >= 11 is 1.55. The Hall–Kier alpha value is -5.36. The first-order valence-corrected chi connectivity index (χ1v) is 17.3. The molecule has 49 heavy (non-hydrogen) atoms. The Bertz CT molecular complexity index is 2330. The van der Waals surface area contributed by atoms with Crippen molar-refractivity contribution in [2.45, 2.75) is 50.6 Å². The molecule has 0 saturated carbocycles. The molecule has 9 rings (SSSR count). The van der Waals surface area contributed by atoms with Crippen molar-refractivity contribution in [3.05, 3.63) is 111 Å². The molecule has 0 bridgehead atoms. The van der Waals surface area contributed by atoms with Crippen LogP contribution in [0.4, 0.5) is 10.2 Å². The van der Waals surface area contributed by atoms with Crippen LogP contribution in [0.3, 0.4) is 0 Å². The molecule has 1 amide bonds. The lowest BCUT2D eigenvalue weighted by Gasteiger charge is -2.16. The van der Waals surface area contributed by atoms with Crippen LogP contribution in [-0.4, -0.2) is 44.6 Å². The maximum Gasteiger partial charge on any atom is 0.439 e. The van der Waals surface area contributed by atoms with Gasteiger partial charge in [0.25, 0.3) is 5.91 Å². The predicted octanol–water partition coefficient (Wildman–Crippen LogP) is 7.02. The van der Waals surface area contributed by atoms with Gasteiger partial charge in [0.2, 0.25) is 0 Å². The van der Waals surface area contributed by atoms with Crippen LogP contribution in [0.1, 0.15) is 69.8 Å². The number of benzene rings is 2. The van der Waals surface area contributed by atoms with Crippen LogP contribution in [0, 0.1) is 5.82 Å². The quantitative estimate of drug-likeness (QED) is 0.176. The van der Waals surface area contributed by atoms with Crippen molar-refractivity contribution in [3.63, 3.8) is 0 Å². The summed E-state index contributed by atoms with van der Waals surface area (Å²) in [5.41, 5.74) is 6.60. The highest BCUT2D eigenvalue weighted by molar-refractivity contribution is 7.23. The number of amides is 1. The number of rotatable bonds is 8. The topological polar surface area (TPSA) is 126 Å². The van der Waals surface area contributed by atoms with E-state index in [1.54, 1.807) is 36.8 Å². The van der Waals surface area contributed by atoms with Crippen molar-refractivity contribution in [3.8, 4) is 27.6 Å². The molecule has 2 N–H and O–H groups in total. The van der Waals surface area contributed by atoms with Crippen LogP contribution >= 0.6 is 11.3 Å². The molecule has 246 valence electrons. The largest absolute Gasteiger partial charge is 0.496 e. The summed E-state index contributed by atoms with van der Waals surface area (Å²) in [7, 11) is 1.70. The van der Waals surface area contributed by atoms with Gasteiger partial charge in [-0.2, -0.15) is 0 Å². The molecule has 1 saturated heterocycles. The summed E-state index contributed by atoms with van der Waals surface area (Å²) in [5, 5.41) is 8.79. The summed E-state index contributed by atoms with van der Waals surface area (Å²) in [6.45, 7) is 0.665. The highest BCUT2D eigenvalue weighted by Gasteiger charge is 2.44. The van der Waals surface area contributed by atoms with Gasteiger partial charge in [-0.05, 0) is 90.9 Å². The lowest BCUT2D eigenvalue weighted by molar-refractivity contribution is 0.0776. The first-order valence-electron chi connectivity index (χ1n) is 16.5. The molecule has 2 aliphatic heterocycles. The van der Waals surface area contributed by atoms with E-state index in [9.17, 15) is 14.0 Å². The number of aryl methyl sites for hydroxylation is 2. The summed E-state index contributed by atoms with van der Waals surface area (Å²) in [6, 6.07) is 16.6. The molecule has 10 nitrogen and oxygen atoms in total. The molecule has 2 aromatic carbocycles. The maximum absolute atomic E-state index is 14.2. The number of anilines is 1. The van der Waals surface area contributed by atoms with E-state index < -0.39 is 5.76 Å². The molecule has 1 aliphatic carbocycles. The molecule has 6 heterocycles. The van der Waals surface area contributed by atoms with Crippen LogP contribution in [0.2, 0.25) is 0 Å². The van der Waals surface area contributed by atoms with Gasteiger partial charge in [0.05, 0.1) is 46.4 Å². The first kappa shape index (κ1) is 29.8. The van der Waals surface area contributed by atoms with Gasteiger partial charge in [-0.15, -0.1) is 11.3 Å². The maximum atomic E-state index is 14.2. The number of aromatic amines is 1. The number of methoxy groups -OCH3 is 1. The van der Waals surface area contributed by atoms with E-state index in [4.69, 9.17) is 19.2 Å². The molecule has 6 aromatic rings. The fourth-order valence-electron chi connectivity index (χ4n) is 7.80. The van der Waals surface area contributed by atoms with Crippen molar-refractivity contribution in [2.75, 3.05) is 19.0 Å². The average Bonchev–Trinajstić information content (AvgIpc) is 3.95. The molecular weight excluding hydrogens is 644 g/mol. The van der Waals surface area contributed by atoms with E-state index in [1.807, 2.05) is 23.1 Å². The predicted molar refractivity (Wildman–Crippen MR) is 183 cm³/mol. The number of hydrogen-bond donors (Lipinski definition) is 2. The van der Waals surface area contributed by atoms with Gasteiger partial charge in [0.1, 0.15) is 17.4 Å². The second-order valence-electron chi connectivity index (χ2n) is 12.7. The van der Waals surface area contributed by atoms with Crippen molar-refractivity contribution < 1.29 is 18.4 Å². The second-order valence-corrected chi connectivity index (χ2v) is 13.8. The van der Waals surface area contributed by atoms with E-state index >= 15 is 0 Å². The van der Waals surface area contributed by atoms with Gasteiger partial charge < -0.3 is 15.0 Å². The van der Waals surface area contributed by atoms with E-state index in [-0.39, 0.29) is 29.6 Å². The van der Waals surface area contributed by atoms with Crippen molar-refractivity contribution >= 4 is 33.1 Å². The molecule has 4 aromatic heterocycles. The fraction of sp³-hybridized carbons (Fsp3) is 0.270. The van der Waals surface area contributed by atoms with Gasteiger partial charge in [-0.3, -0.25) is 19.3 Å². The number of fused-ring (bicyclic) bond motifs is 5. The van der Waals surface area contributed by atoms with E-state index in [0.717, 1.165) is 63.5 Å². The van der Waals surface area contributed by atoms with Gasteiger partial charge in [-0.1, -0.05) is 29.4 Å². The van der Waals surface area contributed by atoms with Gasteiger partial charge in [0.15, 0.2) is 5.82 Å². The summed E-state index contributed by atoms with van der Waals surface area (Å²) < 4.78 is 25.3. The minimum atomic E-state index is -0.696. The number of thiophene rings is 1.